The SMILES string of the molecule is CN(C)c1cc[n+](/C(=N/C(F)(F)F)c2ccccc2)cc1.[Cl-]. The molecular weight excluding hydrogens is 315 g/mol. The van der Waals surface area contributed by atoms with E-state index in [-0.39, 0.29) is 18.2 Å². The number of nitrogens with zero attached hydrogens (tertiary/aromatic N) is 3. The van der Waals surface area contributed by atoms with Gasteiger partial charge in [-0.05, 0) is 12.1 Å². The fraction of sp³-hybridized carbons (Fsp3) is 0.200. The van der Waals surface area contributed by atoms with Crippen LogP contribution >= 0.6 is 0 Å². The normalized spacial score (nSPS) is 11.8. The molecular formula is C15H15ClF3N3. The molecule has 0 saturated carbocycles. The van der Waals surface area contributed by atoms with Crippen molar-refractivity contribution in [1.82, 2.24) is 0 Å². The molecule has 0 aliphatic heterocycles. The number of aromatic nitrogens is 1. The van der Waals surface area contributed by atoms with Gasteiger partial charge in [0.2, 0.25) is 0 Å². The minimum atomic E-state index is -4.63. The zero-order chi connectivity index (χ0) is 15.5. The fourth-order valence-electron chi connectivity index (χ4n) is 1.84. The molecule has 0 saturated heterocycles. The van der Waals surface area contributed by atoms with Gasteiger partial charge in [-0.2, -0.15) is 0 Å². The minimum absolute atomic E-state index is 0. The maximum absolute atomic E-state index is 12.7. The van der Waals surface area contributed by atoms with E-state index in [0.717, 1.165) is 5.69 Å². The van der Waals surface area contributed by atoms with Crippen LogP contribution in [0.5, 0.6) is 0 Å². The van der Waals surface area contributed by atoms with Crippen LogP contribution in [0.1, 0.15) is 5.56 Å². The number of hydrogen-bond donors (Lipinski definition) is 0. The molecule has 3 nitrogen and oxygen atoms in total. The molecule has 7 heteroatoms. The molecule has 0 fully saturated rings. The first-order valence-electron chi connectivity index (χ1n) is 6.28. The van der Waals surface area contributed by atoms with E-state index in [1.165, 1.54) is 4.57 Å². The average Bonchev–Trinajstić information content (AvgIpc) is 2.45. The van der Waals surface area contributed by atoms with Gasteiger partial charge in [0.25, 0.3) is 0 Å². The molecule has 0 N–H and O–H groups in total. The number of anilines is 1. The van der Waals surface area contributed by atoms with E-state index in [0.29, 0.717) is 5.56 Å². The van der Waals surface area contributed by atoms with Gasteiger partial charge in [0.15, 0.2) is 0 Å². The Kier molecular flexibility index (Phi) is 5.93. The first-order chi connectivity index (χ1) is 9.87. The molecule has 0 amide bonds. The van der Waals surface area contributed by atoms with Crippen LogP contribution in [0.4, 0.5) is 18.9 Å². The lowest BCUT2D eigenvalue weighted by atomic mass is 10.2. The van der Waals surface area contributed by atoms with Crippen LogP contribution in [0, 0.1) is 0 Å². The van der Waals surface area contributed by atoms with Crippen molar-refractivity contribution in [2.24, 2.45) is 4.99 Å². The summed E-state index contributed by atoms with van der Waals surface area (Å²) < 4.78 is 39.4. The predicted molar refractivity (Wildman–Crippen MR) is 75.4 cm³/mol. The number of rotatable bonds is 2. The molecule has 0 unspecified atom stereocenters. The smallest absolute Gasteiger partial charge is 0.603 e. The lowest BCUT2D eigenvalue weighted by Crippen LogP contribution is -3.00. The van der Waals surface area contributed by atoms with Gasteiger partial charge in [-0.15, -0.1) is 13.2 Å². The van der Waals surface area contributed by atoms with E-state index in [9.17, 15) is 13.2 Å². The van der Waals surface area contributed by atoms with Crippen LogP contribution in [-0.2, 0) is 0 Å². The number of aliphatic imine (C=N–C) groups is 1. The molecule has 0 aliphatic rings. The van der Waals surface area contributed by atoms with E-state index in [2.05, 4.69) is 4.99 Å². The van der Waals surface area contributed by atoms with Crippen molar-refractivity contribution < 1.29 is 30.1 Å². The molecule has 0 aliphatic carbocycles. The fourth-order valence-corrected chi connectivity index (χ4v) is 1.84. The minimum Gasteiger partial charge on any atom is -1.00 e. The molecule has 0 spiro atoms. The highest BCUT2D eigenvalue weighted by atomic mass is 35.5. The molecule has 1 aromatic heterocycles. The highest BCUT2D eigenvalue weighted by Gasteiger charge is 2.37. The van der Waals surface area contributed by atoms with Crippen LogP contribution in [0.25, 0.3) is 0 Å². The summed E-state index contributed by atoms with van der Waals surface area (Å²) in [6.45, 7) is 0. The molecule has 2 aromatic rings. The van der Waals surface area contributed by atoms with Gasteiger partial charge in [-0.3, -0.25) is 0 Å². The highest BCUT2D eigenvalue weighted by molar-refractivity contribution is 5.91. The quantitative estimate of drug-likeness (QED) is 0.325. The molecule has 0 atom stereocenters. The van der Waals surface area contributed by atoms with Crippen LogP contribution < -0.4 is 21.9 Å². The third-order valence-electron chi connectivity index (χ3n) is 2.84. The molecule has 2 rings (SSSR count). The Morgan fingerprint density at radius 2 is 1.55 bits per heavy atom. The van der Waals surface area contributed by atoms with E-state index < -0.39 is 6.30 Å². The standard InChI is InChI=1S/C15H15F3N3.ClH/c1-20(2)13-8-10-21(11-9-13)14(19-15(16,17)18)12-6-4-3-5-7-12;/h3-11H,1-2H3;1H/q+1;/p-1/b19-14+;. The zero-order valence-electron chi connectivity index (χ0n) is 12.0. The summed E-state index contributed by atoms with van der Waals surface area (Å²) in [5, 5.41) is 0. The second-order valence-electron chi connectivity index (χ2n) is 4.63. The molecule has 118 valence electrons. The van der Waals surface area contributed by atoms with Crippen LogP contribution in [-0.4, -0.2) is 26.2 Å². The van der Waals surface area contributed by atoms with Crippen LogP contribution in [0.3, 0.4) is 0 Å². The summed E-state index contributed by atoms with van der Waals surface area (Å²) in [5.74, 6) is -0.159. The number of hydrogen-bond acceptors (Lipinski definition) is 2. The first-order valence-corrected chi connectivity index (χ1v) is 6.28. The van der Waals surface area contributed by atoms with Crippen molar-refractivity contribution >= 4 is 11.5 Å². The highest BCUT2D eigenvalue weighted by Crippen LogP contribution is 2.17. The molecule has 0 bridgehead atoms. The van der Waals surface area contributed by atoms with Gasteiger partial charge >= 0.3 is 12.1 Å². The van der Waals surface area contributed by atoms with Crippen LogP contribution in [0.2, 0.25) is 0 Å². The van der Waals surface area contributed by atoms with Crippen molar-refractivity contribution in [3.63, 3.8) is 0 Å². The number of alkyl halides is 3. The summed E-state index contributed by atoms with van der Waals surface area (Å²) in [5.41, 5.74) is 1.29. The van der Waals surface area contributed by atoms with Crippen LogP contribution in [0.15, 0.2) is 59.9 Å². The van der Waals surface area contributed by atoms with E-state index in [1.807, 2.05) is 19.0 Å². The van der Waals surface area contributed by atoms with Crippen molar-refractivity contribution in [2.75, 3.05) is 19.0 Å². The Bertz CT molecular complexity index is 623. The predicted octanol–water partition coefficient (Wildman–Crippen LogP) is -0.141. The Hall–Kier alpha value is -2.08. The Balaban J connectivity index is 0.00000242. The van der Waals surface area contributed by atoms with Gasteiger partial charge in [-0.1, -0.05) is 18.2 Å². The molecule has 22 heavy (non-hydrogen) atoms. The van der Waals surface area contributed by atoms with Gasteiger partial charge in [-0.25, -0.2) is 4.57 Å². The van der Waals surface area contributed by atoms with Gasteiger partial charge in [0.05, 0.1) is 18.0 Å². The zero-order valence-corrected chi connectivity index (χ0v) is 12.8. The summed E-state index contributed by atoms with van der Waals surface area (Å²) in [6.07, 6.45) is -1.50. The second kappa shape index (κ2) is 7.26. The number of benzene rings is 1. The maximum atomic E-state index is 12.7. The second-order valence-corrected chi connectivity index (χ2v) is 4.63. The Labute approximate surface area is 133 Å². The number of pyridine rings is 1. The van der Waals surface area contributed by atoms with Gasteiger partial charge < -0.3 is 17.3 Å². The molecule has 0 radical (unpaired) electrons. The Morgan fingerprint density at radius 1 is 1.00 bits per heavy atom. The summed E-state index contributed by atoms with van der Waals surface area (Å²) in [6, 6.07) is 11.7. The lowest BCUT2D eigenvalue weighted by molar-refractivity contribution is -0.555. The van der Waals surface area contributed by atoms with E-state index in [1.54, 1.807) is 54.9 Å². The third kappa shape index (κ3) is 4.73. The van der Waals surface area contributed by atoms with Crippen molar-refractivity contribution in [3.8, 4) is 0 Å². The van der Waals surface area contributed by atoms with Crippen molar-refractivity contribution in [2.45, 2.75) is 6.30 Å². The Morgan fingerprint density at radius 3 is 2.00 bits per heavy atom. The lowest BCUT2D eigenvalue weighted by Gasteiger charge is -2.11. The van der Waals surface area contributed by atoms with Gasteiger partial charge in [0.1, 0.15) is 0 Å². The number of halogens is 4. The summed E-state index contributed by atoms with van der Waals surface area (Å²) in [7, 11) is 3.73. The molecule has 1 heterocycles. The largest absolute Gasteiger partial charge is 1.00 e. The average molecular weight is 330 g/mol. The topological polar surface area (TPSA) is 19.5 Å². The monoisotopic (exact) mass is 329 g/mol. The first kappa shape index (κ1) is 18.0. The van der Waals surface area contributed by atoms with Crippen molar-refractivity contribution in [1.29, 1.82) is 0 Å². The third-order valence-corrected chi connectivity index (χ3v) is 2.84. The molecule has 1 aromatic carbocycles. The maximum Gasteiger partial charge on any atom is 0.603 e. The van der Waals surface area contributed by atoms with E-state index >= 15 is 0 Å². The van der Waals surface area contributed by atoms with Gasteiger partial charge in [0, 0.05) is 36.9 Å². The van der Waals surface area contributed by atoms with E-state index in [4.69, 9.17) is 0 Å². The summed E-state index contributed by atoms with van der Waals surface area (Å²) >= 11 is 0. The summed E-state index contributed by atoms with van der Waals surface area (Å²) in [4.78, 5) is 4.76. The van der Waals surface area contributed by atoms with Crippen molar-refractivity contribution in [3.05, 3.63) is 60.4 Å².